The van der Waals surface area contributed by atoms with Gasteiger partial charge in [0.1, 0.15) is 21.5 Å². The molecule has 0 spiro atoms. The predicted octanol–water partition coefficient (Wildman–Crippen LogP) is 5.10. The van der Waals surface area contributed by atoms with Crippen molar-refractivity contribution in [1.82, 2.24) is 14.3 Å². The normalized spacial score (nSPS) is 14.8. The first-order valence-corrected chi connectivity index (χ1v) is 12.9. The Bertz CT molecular complexity index is 1320. The van der Waals surface area contributed by atoms with E-state index in [1.165, 1.54) is 22.6 Å². The summed E-state index contributed by atoms with van der Waals surface area (Å²) in [5.74, 6) is 1.01. The Morgan fingerprint density at radius 1 is 1.11 bits per heavy atom. The topological polar surface area (TPSA) is 75.9 Å². The number of amides is 1. The lowest BCUT2D eigenvalue weighted by atomic mass is 10.2. The monoisotopic (exact) mass is 508 g/mol. The molecule has 7 nitrogen and oxygen atoms in total. The molecule has 35 heavy (non-hydrogen) atoms. The molecule has 182 valence electrons. The van der Waals surface area contributed by atoms with Crippen LogP contribution in [0.25, 0.3) is 11.7 Å². The molecule has 3 heterocycles. The van der Waals surface area contributed by atoms with Crippen LogP contribution in [0.2, 0.25) is 0 Å². The fourth-order valence-electron chi connectivity index (χ4n) is 3.81. The number of carbonyl (C=O) groups is 1. The number of aromatic nitrogens is 2. The number of benzene rings is 1. The first kappa shape index (κ1) is 24.9. The van der Waals surface area contributed by atoms with Gasteiger partial charge in [-0.25, -0.2) is 4.98 Å². The van der Waals surface area contributed by atoms with E-state index in [9.17, 15) is 9.59 Å². The Balaban J connectivity index is 1.62. The van der Waals surface area contributed by atoms with Crippen molar-refractivity contribution >= 4 is 51.7 Å². The number of methoxy groups -OCH3 is 1. The van der Waals surface area contributed by atoms with Crippen molar-refractivity contribution in [2.75, 3.05) is 19.0 Å². The first-order valence-electron chi connectivity index (χ1n) is 11.7. The highest BCUT2D eigenvalue weighted by Gasteiger charge is 2.32. The van der Waals surface area contributed by atoms with Crippen molar-refractivity contribution in [3.63, 3.8) is 0 Å². The highest BCUT2D eigenvalue weighted by molar-refractivity contribution is 8.26. The number of nitrogens with zero attached hydrogens (tertiary/aromatic N) is 3. The van der Waals surface area contributed by atoms with E-state index in [-0.39, 0.29) is 11.5 Å². The van der Waals surface area contributed by atoms with E-state index in [0.717, 1.165) is 30.6 Å². The number of hydrogen-bond acceptors (Lipinski definition) is 7. The third-order valence-corrected chi connectivity index (χ3v) is 7.12. The molecule has 2 aromatic heterocycles. The van der Waals surface area contributed by atoms with E-state index in [1.807, 2.05) is 30.3 Å². The Hall–Kier alpha value is -3.17. The fraction of sp³-hybridized carbons (Fsp3) is 0.308. The molecule has 0 atom stereocenters. The number of thioether (sulfide) groups is 1. The number of pyridine rings is 1. The SMILES string of the molecule is CCCCCCNc1nc2ccccn2c(=O)c1C=C1SC(=S)N(Cc2ccc(OC)cc2)C1=O. The molecule has 4 rings (SSSR count). The predicted molar refractivity (Wildman–Crippen MR) is 146 cm³/mol. The number of anilines is 1. The van der Waals surface area contributed by atoms with Crippen molar-refractivity contribution in [3.05, 3.63) is 75.0 Å². The average molecular weight is 509 g/mol. The summed E-state index contributed by atoms with van der Waals surface area (Å²) in [6, 6.07) is 12.9. The van der Waals surface area contributed by atoms with E-state index in [1.54, 1.807) is 36.4 Å². The molecule has 1 saturated heterocycles. The van der Waals surface area contributed by atoms with Crippen molar-refractivity contribution in [3.8, 4) is 5.75 Å². The smallest absolute Gasteiger partial charge is 0.267 e. The molecule has 1 aromatic carbocycles. The van der Waals surface area contributed by atoms with Crippen molar-refractivity contribution in [1.29, 1.82) is 0 Å². The molecular formula is C26H28N4O3S2. The fourth-order valence-corrected chi connectivity index (χ4v) is 5.04. The zero-order valence-electron chi connectivity index (χ0n) is 19.8. The van der Waals surface area contributed by atoms with Crippen molar-refractivity contribution in [2.45, 2.75) is 39.2 Å². The molecule has 0 saturated carbocycles. The van der Waals surface area contributed by atoms with Crippen LogP contribution in [0.4, 0.5) is 5.82 Å². The minimum atomic E-state index is -0.230. The van der Waals surface area contributed by atoms with Crippen LogP contribution in [0, 0.1) is 0 Å². The lowest BCUT2D eigenvalue weighted by molar-refractivity contribution is -0.122. The Labute approximate surface area is 214 Å². The average Bonchev–Trinajstić information content (AvgIpc) is 3.13. The number of ether oxygens (including phenoxy) is 1. The van der Waals surface area contributed by atoms with E-state index in [2.05, 4.69) is 17.2 Å². The molecule has 1 N–H and O–H groups in total. The summed E-state index contributed by atoms with van der Waals surface area (Å²) in [4.78, 5) is 33.2. The maximum atomic E-state index is 13.4. The summed E-state index contributed by atoms with van der Waals surface area (Å²) in [6.07, 6.45) is 7.71. The molecule has 0 unspecified atom stereocenters. The van der Waals surface area contributed by atoms with Crippen LogP contribution < -0.4 is 15.6 Å². The Morgan fingerprint density at radius 2 is 1.91 bits per heavy atom. The highest BCUT2D eigenvalue weighted by Crippen LogP contribution is 2.34. The molecule has 9 heteroatoms. The van der Waals surface area contributed by atoms with Gasteiger partial charge >= 0.3 is 0 Å². The van der Waals surface area contributed by atoms with E-state index in [0.29, 0.717) is 39.3 Å². The van der Waals surface area contributed by atoms with Crippen molar-refractivity contribution < 1.29 is 9.53 Å². The van der Waals surface area contributed by atoms with Crippen LogP contribution in [0.1, 0.15) is 43.7 Å². The number of fused-ring (bicyclic) bond motifs is 1. The standard InChI is InChI=1S/C26H28N4O3S2/c1-3-4-5-7-14-27-23-20(24(31)29-15-8-6-9-22(29)28-23)16-21-25(32)30(26(34)35-21)17-18-10-12-19(33-2)13-11-18/h6,8-13,15-16,27H,3-5,7,14,17H2,1-2H3. The van der Waals surface area contributed by atoms with Gasteiger partial charge in [0.2, 0.25) is 0 Å². The maximum Gasteiger partial charge on any atom is 0.267 e. The quantitative estimate of drug-likeness (QED) is 0.232. The minimum Gasteiger partial charge on any atom is -0.497 e. The second-order valence-electron chi connectivity index (χ2n) is 8.21. The summed E-state index contributed by atoms with van der Waals surface area (Å²) in [5.41, 5.74) is 1.62. The van der Waals surface area contributed by atoms with Crippen LogP contribution >= 0.6 is 24.0 Å². The Kier molecular flexibility index (Phi) is 8.20. The number of thiocarbonyl (C=S) groups is 1. The van der Waals surface area contributed by atoms with Gasteiger partial charge < -0.3 is 10.1 Å². The highest BCUT2D eigenvalue weighted by atomic mass is 32.2. The second-order valence-corrected chi connectivity index (χ2v) is 9.89. The molecule has 1 aliphatic heterocycles. The number of rotatable bonds is 10. The first-order chi connectivity index (χ1) is 17.0. The van der Waals surface area contributed by atoms with Crippen molar-refractivity contribution in [2.24, 2.45) is 0 Å². The van der Waals surface area contributed by atoms with Gasteiger partial charge in [-0.15, -0.1) is 0 Å². The van der Waals surface area contributed by atoms with Gasteiger partial charge in [-0.2, -0.15) is 0 Å². The molecule has 0 bridgehead atoms. The lowest BCUT2D eigenvalue weighted by Crippen LogP contribution is -2.27. The molecule has 1 aliphatic rings. The van der Waals surface area contributed by atoms with Crippen LogP contribution in [0.5, 0.6) is 5.75 Å². The van der Waals surface area contributed by atoms with Crippen LogP contribution in [0.3, 0.4) is 0 Å². The maximum absolute atomic E-state index is 13.4. The number of hydrogen-bond donors (Lipinski definition) is 1. The molecule has 3 aromatic rings. The summed E-state index contributed by atoms with van der Waals surface area (Å²) in [6.45, 7) is 3.22. The summed E-state index contributed by atoms with van der Waals surface area (Å²) >= 11 is 6.70. The molecule has 1 fully saturated rings. The van der Waals surface area contributed by atoms with Crippen LogP contribution in [-0.4, -0.2) is 38.2 Å². The lowest BCUT2D eigenvalue weighted by Gasteiger charge is -2.14. The second kappa shape index (κ2) is 11.5. The van der Waals surface area contributed by atoms with Crippen LogP contribution in [0.15, 0.2) is 58.4 Å². The summed E-state index contributed by atoms with van der Waals surface area (Å²) in [7, 11) is 1.61. The number of carbonyl (C=O) groups excluding carboxylic acids is 1. The summed E-state index contributed by atoms with van der Waals surface area (Å²) < 4.78 is 7.15. The van der Waals surface area contributed by atoms with Gasteiger partial charge in [0.15, 0.2) is 0 Å². The molecular weight excluding hydrogens is 480 g/mol. The molecule has 0 aliphatic carbocycles. The number of unbranched alkanes of at least 4 members (excludes halogenated alkanes) is 3. The molecule has 0 radical (unpaired) electrons. The Morgan fingerprint density at radius 3 is 2.66 bits per heavy atom. The minimum absolute atomic E-state index is 0.220. The third kappa shape index (κ3) is 5.74. The zero-order valence-corrected chi connectivity index (χ0v) is 21.5. The van der Waals surface area contributed by atoms with Gasteiger partial charge in [0.05, 0.1) is 24.1 Å². The van der Waals surface area contributed by atoms with Crippen LogP contribution in [-0.2, 0) is 11.3 Å². The number of nitrogens with one attached hydrogen (secondary N) is 1. The van der Waals surface area contributed by atoms with Gasteiger partial charge in [0, 0.05) is 12.7 Å². The van der Waals surface area contributed by atoms with Gasteiger partial charge in [-0.05, 0) is 42.3 Å². The van der Waals surface area contributed by atoms with E-state index < -0.39 is 0 Å². The van der Waals surface area contributed by atoms with Gasteiger partial charge in [-0.3, -0.25) is 18.9 Å². The van der Waals surface area contributed by atoms with E-state index >= 15 is 0 Å². The van der Waals surface area contributed by atoms with E-state index in [4.69, 9.17) is 17.0 Å². The molecule has 1 amide bonds. The van der Waals surface area contributed by atoms with Gasteiger partial charge in [0.25, 0.3) is 11.5 Å². The summed E-state index contributed by atoms with van der Waals surface area (Å²) in [5, 5.41) is 3.32. The van der Waals surface area contributed by atoms with Gasteiger partial charge in [-0.1, -0.05) is 68.4 Å². The zero-order chi connectivity index (χ0) is 24.8. The third-order valence-electron chi connectivity index (χ3n) is 5.74. The largest absolute Gasteiger partial charge is 0.497 e.